The fraction of sp³-hybridized carbons (Fsp3) is 0.263. The molecule has 4 nitrogen and oxygen atoms in total. The number of rotatable bonds is 7. The Kier molecular flexibility index (Phi) is 4.71. The minimum atomic E-state index is 0.685. The van der Waals surface area contributed by atoms with Gasteiger partial charge in [-0.05, 0) is 24.6 Å². The SMILES string of the molecule is COc1cc(OC)c2ccn(CCCOc3ccccc3)c2c1. The minimum absolute atomic E-state index is 0.685. The Morgan fingerprint density at radius 1 is 0.913 bits per heavy atom. The van der Waals surface area contributed by atoms with Crippen LogP contribution >= 0.6 is 0 Å². The highest BCUT2D eigenvalue weighted by atomic mass is 16.5. The van der Waals surface area contributed by atoms with E-state index in [0.717, 1.165) is 41.1 Å². The summed E-state index contributed by atoms with van der Waals surface area (Å²) in [5.41, 5.74) is 1.11. The molecule has 3 rings (SSSR count). The molecular weight excluding hydrogens is 290 g/mol. The summed E-state index contributed by atoms with van der Waals surface area (Å²) in [6.07, 6.45) is 3.01. The van der Waals surface area contributed by atoms with Crippen molar-refractivity contribution in [2.24, 2.45) is 0 Å². The molecule has 4 heteroatoms. The third-order valence-corrected chi connectivity index (χ3v) is 3.84. The highest BCUT2D eigenvalue weighted by Gasteiger charge is 2.09. The monoisotopic (exact) mass is 311 g/mol. The molecule has 0 bridgehead atoms. The highest BCUT2D eigenvalue weighted by Crippen LogP contribution is 2.31. The van der Waals surface area contributed by atoms with Crippen LogP contribution in [-0.2, 0) is 6.54 Å². The summed E-state index contributed by atoms with van der Waals surface area (Å²) in [5.74, 6) is 2.54. The topological polar surface area (TPSA) is 32.6 Å². The van der Waals surface area contributed by atoms with E-state index in [1.807, 2.05) is 42.5 Å². The maximum Gasteiger partial charge on any atom is 0.131 e. The second-order valence-electron chi connectivity index (χ2n) is 5.29. The van der Waals surface area contributed by atoms with Crippen LogP contribution in [0.5, 0.6) is 17.2 Å². The molecule has 120 valence electrons. The van der Waals surface area contributed by atoms with E-state index in [4.69, 9.17) is 14.2 Å². The van der Waals surface area contributed by atoms with Crippen molar-refractivity contribution in [3.05, 3.63) is 54.7 Å². The first kappa shape index (κ1) is 15.3. The lowest BCUT2D eigenvalue weighted by Gasteiger charge is -2.10. The first-order valence-corrected chi connectivity index (χ1v) is 7.70. The van der Waals surface area contributed by atoms with E-state index in [-0.39, 0.29) is 0 Å². The van der Waals surface area contributed by atoms with Gasteiger partial charge in [0, 0.05) is 30.3 Å². The smallest absolute Gasteiger partial charge is 0.131 e. The Balaban J connectivity index is 1.68. The van der Waals surface area contributed by atoms with Crippen molar-refractivity contribution in [2.75, 3.05) is 20.8 Å². The summed E-state index contributed by atoms with van der Waals surface area (Å²) in [4.78, 5) is 0. The normalized spacial score (nSPS) is 10.7. The molecule has 0 aliphatic carbocycles. The van der Waals surface area contributed by atoms with Gasteiger partial charge in [-0.15, -0.1) is 0 Å². The van der Waals surface area contributed by atoms with Crippen molar-refractivity contribution in [2.45, 2.75) is 13.0 Å². The van der Waals surface area contributed by atoms with Crippen molar-refractivity contribution in [1.29, 1.82) is 0 Å². The first-order valence-electron chi connectivity index (χ1n) is 7.70. The molecule has 0 saturated carbocycles. The number of methoxy groups -OCH3 is 2. The Hall–Kier alpha value is -2.62. The van der Waals surface area contributed by atoms with Crippen molar-refractivity contribution in [1.82, 2.24) is 4.57 Å². The lowest BCUT2D eigenvalue weighted by atomic mass is 10.2. The number of aryl methyl sites for hydroxylation is 1. The Morgan fingerprint density at radius 2 is 1.74 bits per heavy atom. The Morgan fingerprint density at radius 3 is 2.48 bits per heavy atom. The summed E-state index contributed by atoms with van der Waals surface area (Å²) in [6.45, 7) is 1.57. The van der Waals surface area contributed by atoms with Crippen LogP contribution in [0.15, 0.2) is 54.7 Å². The largest absolute Gasteiger partial charge is 0.497 e. The van der Waals surface area contributed by atoms with Crippen molar-refractivity contribution in [3.63, 3.8) is 0 Å². The number of ether oxygens (including phenoxy) is 3. The molecule has 0 N–H and O–H groups in total. The van der Waals surface area contributed by atoms with Gasteiger partial charge in [0.15, 0.2) is 0 Å². The predicted molar refractivity (Wildman–Crippen MR) is 91.6 cm³/mol. The molecule has 23 heavy (non-hydrogen) atoms. The average Bonchev–Trinajstić information content (AvgIpc) is 3.01. The molecule has 0 amide bonds. The van der Waals surface area contributed by atoms with Gasteiger partial charge in [-0.3, -0.25) is 0 Å². The van der Waals surface area contributed by atoms with E-state index in [1.165, 1.54) is 0 Å². The van der Waals surface area contributed by atoms with Crippen molar-refractivity contribution >= 4 is 10.9 Å². The molecule has 2 aromatic carbocycles. The molecule has 0 fully saturated rings. The predicted octanol–water partition coefficient (Wildman–Crippen LogP) is 4.13. The number of fused-ring (bicyclic) bond motifs is 1. The number of para-hydroxylation sites is 1. The molecule has 0 spiro atoms. The van der Waals surface area contributed by atoms with Crippen LogP contribution < -0.4 is 14.2 Å². The minimum Gasteiger partial charge on any atom is -0.497 e. The van der Waals surface area contributed by atoms with Gasteiger partial charge >= 0.3 is 0 Å². The molecule has 0 radical (unpaired) electrons. The fourth-order valence-electron chi connectivity index (χ4n) is 2.66. The number of nitrogens with zero attached hydrogens (tertiary/aromatic N) is 1. The zero-order valence-corrected chi connectivity index (χ0v) is 13.5. The van der Waals surface area contributed by atoms with Gasteiger partial charge in [0.1, 0.15) is 17.2 Å². The summed E-state index contributed by atoms with van der Waals surface area (Å²) in [6, 6.07) is 15.9. The van der Waals surface area contributed by atoms with Crippen LogP contribution in [0, 0.1) is 0 Å². The molecule has 0 aliphatic rings. The molecule has 1 aromatic heterocycles. The molecule has 0 aliphatic heterocycles. The molecular formula is C19H21NO3. The first-order chi connectivity index (χ1) is 11.3. The summed E-state index contributed by atoms with van der Waals surface area (Å²) < 4.78 is 18.7. The number of aromatic nitrogens is 1. The van der Waals surface area contributed by atoms with Gasteiger partial charge in [0.25, 0.3) is 0 Å². The molecule has 0 atom stereocenters. The van der Waals surface area contributed by atoms with Crippen molar-refractivity contribution < 1.29 is 14.2 Å². The van der Waals surface area contributed by atoms with Crippen LogP contribution in [0.4, 0.5) is 0 Å². The van der Waals surface area contributed by atoms with Gasteiger partial charge in [0.2, 0.25) is 0 Å². The fourth-order valence-corrected chi connectivity index (χ4v) is 2.66. The quantitative estimate of drug-likeness (QED) is 0.615. The van der Waals surface area contributed by atoms with Crippen LogP contribution in [0.1, 0.15) is 6.42 Å². The maximum atomic E-state index is 5.74. The zero-order valence-electron chi connectivity index (χ0n) is 13.5. The summed E-state index contributed by atoms with van der Waals surface area (Å²) in [7, 11) is 3.35. The van der Waals surface area contributed by atoms with Crippen molar-refractivity contribution in [3.8, 4) is 17.2 Å². The second-order valence-corrected chi connectivity index (χ2v) is 5.29. The molecule has 0 unspecified atom stereocenters. The van der Waals surface area contributed by atoms with E-state index in [0.29, 0.717) is 6.61 Å². The maximum absolute atomic E-state index is 5.74. The van der Waals surface area contributed by atoms with Crippen LogP contribution in [0.3, 0.4) is 0 Å². The van der Waals surface area contributed by atoms with E-state index >= 15 is 0 Å². The molecule has 1 heterocycles. The lowest BCUT2D eigenvalue weighted by Crippen LogP contribution is -2.03. The van der Waals surface area contributed by atoms with Gasteiger partial charge in [-0.25, -0.2) is 0 Å². The van der Waals surface area contributed by atoms with E-state index in [2.05, 4.69) is 16.8 Å². The lowest BCUT2D eigenvalue weighted by molar-refractivity contribution is 0.302. The summed E-state index contributed by atoms with van der Waals surface area (Å²) in [5, 5.41) is 1.09. The number of benzene rings is 2. The van der Waals surface area contributed by atoms with Gasteiger partial charge < -0.3 is 18.8 Å². The number of hydrogen-bond acceptors (Lipinski definition) is 3. The summed E-state index contributed by atoms with van der Waals surface area (Å²) >= 11 is 0. The Labute approximate surface area is 136 Å². The van der Waals surface area contributed by atoms with E-state index in [1.54, 1.807) is 14.2 Å². The third kappa shape index (κ3) is 3.42. The highest BCUT2D eigenvalue weighted by molar-refractivity contribution is 5.88. The van der Waals surface area contributed by atoms with E-state index < -0.39 is 0 Å². The van der Waals surface area contributed by atoms with Crippen LogP contribution in [-0.4, -0.2) is 25.4 Å². The molecule has 0 saturated heterocycles. The standard InChI is InChI=1S/C19H21NO3/c1-21-16-13-18-17(19(14-16)22-2)9-11-20(18)10-6-12-23-15-7-4-3-5-8-15/h3-5,7-9,11,13-14H,6,10,12H2,1-2H3. The Bertz CT molecular complexity index is 765. The second kappa shape index (κ2) is 7.09. The van der Waals surface area contributed by atoms with Gasteiger partial charge in [-0.2, -0.15) is 0 Å². The van der Waals surface area contributed by atoms with Gasteiger partial charge in [-0.1, -0.05) is 18.2 Å². The number of hydrogen-bond donors (Lipinski definition) is 0. The van der Waals surface area contributed by atoms with E-state index in [9.17, 15) is 0 Å². The van der Waals surface area contributed by atoms with Crippen LogP contribution in [0.25, 0.3) is 10.9 Å². The third-order valence-electron chi connectivity index (χ3n) is 3.84. The average molecular weight is 311 g/mol. The molecule has 3 aromatic rings. The van der Waals surface area contributed by atoms with Crippen LogP contribution in [0.2, 0.25) is 0 Å². The zero-order chi connectivity index (χ0) is 16.1. The van der Waals surface area contributed by atoms with Gasteiger partial charge in [0.05, 0.1) is 26.3 Å².